The van der Waals surface area contributed by atoms with Crippen molar-refractivity contribution in [2.75, 3.05) is 0 Å². The zero-order valence-corrected chi connectivity index (χ0v) is 9.41. The van der Waals surface area contributed by atoms with Gasteiger partial charge in [0.15, 0.2) is 0 Å². The van der Waals surface area contributed by atoms with Gasteiger partial charge >= 0.3 is 0 Å². The molecule has 0 aliphatic carbocycles. The predicted molar refractivity (Wildman–Crippen MR) is 62.6 cm³/mol. The molecule has 0 unspecified atom stereocenters. The van der Waals surface area contributed by atoms with Gasteiger partial charge in [-0.15, -0.1) is 11.3 Å². The van der Waals surface area contributed by atoms with Crippen molar-refractivity contribution >= 4 is 22.9 Å². The van der Waals surface area contributed by atoms with Crippen molar-refractivity contribution in [3.05, 3.63) is 45.4 Å². The van der Waals surface area contributed by atoms with E-state index in [0.29, 0.717) is 17.1 Å². The molecular formula is C11H9ClFNS. The monoisotopic (exact) mass is 241 g/mol. The molecule has 0 saturated heterocycles. The Hall–Kier alpha value is -0.900. The normalized spacial score (nSPS) is 10.6. The Morgan fingerprint density at radius 2 is 2.13 bits per heavy atom. The van der Waals surface area contributed by atoms with Crippen LogP contribution in [0.5, 0.6) is 0 Å². The molecule has 0 spiro atoms. The molecule has 1 heterocycles. The van der Waals surface area contributed by atoms with E-state index in [1.54, 1.807) is 17.4 Å². The second-order valence-electron chi connectivity index (χ2n) is 3.13. The molecule has 2 rings (SSSR count). The first-order valence-corrected chi connectivity index (χ1v) is 5.69. The number of thiophene rings is 1. The number of hydrogen-bond acceptors (Lipinski definition) is 2. The Morgan fingerprint density at radius 1 is 1.33 bits per heavy atom. The lowest BCUT2D eigenvalue weighted by atomic mass is 10.1. The van der Waals surface area contributed by atoms with Crippen molar-refractivity contribution in [2.24, 2.45) is 5.73 Å². The van der Waals surface area contributed by atoms with Crippen molar-refractivity contribution in [3.8, 4) is 11.1 Å². The van der Waals surface area contributed by atoms with Crippen LogP contribution in [0.3, 0.4) is 0 Å². The van der Waals surface area contributed by atoms with Gasteiger partial charge in [0.25, 0.3) is 0 Å². The van der Waals surface area contributed by atoms with E-state index in [-0.39, 0.29) is 5.82 Å². The molecule has 1 aromatic heterocycles. The Bertz CT molecular complexity index is 481. The van der Waals surface area contributed by atoms with Crippen LogP contribution in [0, 0.1) is 5.82 Å². The fourth-order valence-corrected chi connectivity index (χ4v) is 2.34. The van der Waals surface area contributed by atoms with E-state index in [4.69, 9.17) is 17.3 Å². The number of benzene rings is 1. The maximum atomic E-state index is 13.0. The van der Waals surface area contributed by atoms with Crippen LogP contribution in [0.15, 0.2) is 29.6 Å². The van der Waals surface area contributed by atoms with Crippen LogP contribution in [-0.4, -0.2) is 0 Å². The minimum absolute atomic E-state index is 0.283. The van der Waals surface area contributed by atoms with E-state index in [0.717, 1.165) is 10.4 Å². The molecule has 1 aromatic carbocycles. The minimum Gasteiger partial charge on any atom is -0.326 e. The van der Waals surface area contributed by atoms with E-state index in [1.807, 2.05) is 11.4 Å². The summed E-state index contributed by atoms with van der Waals surface area (Å²) in [6.07, 6.45) is 0. The highest BCUT2D eigenvalue weighted by Gasteiger charge is 2.07. The SMILES string of the molecule is NCc1cc(-c2cc(F)ccc2Cl)cs1. The van der Waals surface area contributed by atoms with Gasteiger partial charge in [-0.25, -0.2) is 4.39 Å². The molecule has 2 aromatic rings. The van der Waals surface area contributed by atoms with Crippen LogP contribution in [0.1, 0.15) is 4.88 Å². The quantitative estimate of drug-likeness (QED) is 0.853. The fourth-order valence-electron chi connectivity index (χ4n) is 1.35. The molecule has 78 valence electrons. The van der Waals surface area contributed by atoms with Gasteiger partial charge in [0.05, 0.1) is 0 Å². The number of nitrogens with two attached hydrogens (primary N) is 1. The van der Waals surface area contributed by atoms with E-state index < -0.39 is 0 Å². The van der Waals surface area contributed by atoms with E-state index in [2.05, 4.69) is 0 Å². The molecule has 0 bridgehead atoms. The standard InChI is InChI=1S/C11H9ClFNS/c12-11-2-1-8(13)4-10(11)7-3-9(5-14)15-6-7/h1-4,6H,5,14H2. The van der Waals surface area contributed by atoms with Crippen LogP contribution >= 0.6 is 22.9 Å². The third-order valence-corrected chi connectivity index (χ3v) is 3.38. The van der Waals surface area contributed by atoms with Gasteiger partial charge in [0, 0.05) is 22.0 Å². The van der Waals surface area contributed by atoms with Crippen LogP contribution < -0.4 is 5.73 Å². The average molecular weight is 242 g/mol. The smallest absolute Gasteiger partial charge is 0.123 e. The first-order chi connectivity index (χ1) is 7.20. The summed E-state index contributed by atoms with van der Waals surface area (Å²) in [6, 6.07) is 6.28. The second-order valence-corrected chi connectivity index (χ2v) is 4.53. The lowest BCUT2D eigenvalue weighted by Crippen LogP contribution is -1.91. The van der Waals surface area contributed by atoms with Crippen LogP contribution in [0.2, 0.25) is 5.02 Å². The summed E-state index contributed by atoms with van der Waals surface area (Å²) in [5, 5.41) is 2.49. The van der Waals surface area contributed by atoms with Gasteiger partial charge in [0.1, 0.15) is 5.82 Å². The highest BCUT2D eigenvalue weighted by atomic mass is 35.5. The van der Waals surface area contributed by atoms with Crippen LogP contribution in [0.25, 0.3) is 11.1 Å². The molecule has 2 N–H and O–H groups in total. The van der Waals surface area contributed by atoms with E-state index in [1.165, 1.54) is 12.1 Å². The van der Waals surface area contributed by atoms with Gasteiger partial charge in [-0.1, -0.05) is 11.6 Å². The zero-order valence-electron chi connectivity index (χ0n) is 7.84. The van der Waals surface area contributed by atoms with Crippen molar-refractivity contribution in [1.29, 1.82) is 0 Å². The molecule has 0 aliphatic heterocycles. The van der Waals surface area contributed by atoms with Crippen LogP contribution in [0.4, 0.5) is 4.39 Å². The third kappa shape index (κ3) is 2.20. The molecule has 0 saturated carbocycles. The highest BCUT2D eigenvalue weighted by molar-refractivity contribution is 7.10. The minimum atomic E-state index is -0.283. The van der Waals surface area contributed by atoms with Crippen molar-refractivity contribution in [2.45, 2.75) is 6.54 Å². The molecule has 15 heavy (non-hydrogen) atoms. The summed E-state index contributed by atoms with van der Waals surface area (Å²) < 4.78 is 13.0. The van der Waals surface area contributed by atoms with Crippen LogP contribution in [-0.2, 0) is 6.54 Å². The molecule has 0 atom stereocenters. The zero-order chi connectivity index (χ0) is 10.8. The molecule has 1 nitrogen and oxygen atoms in total. The summed E-state index contributed by atoms with van der Waals surface area (Å²) in [5.41, 5.74) is 7.15. The first kappa shape index (κ1) is 10.6. The molecule has 0 radical (unpaired) electrons. The summed E-state index contributed by atoms with van der Waals surface area (Å²) in [6.45, 7) is 0.498. The predicted octanol–water partition coefficient (Wildman–Crippen LogP) is 3.67. The summed E-state index contributed by atoms with van der Waals surface area (Å²) in [5.74, 6) is -0.283. The fraction of sp³-hybridized carbons (Fsp3) is 0.0909. The van der Waals surface area contributed by atoms with Crippen molar-refractivity contribution in [1.82, 2.24) is 0 Å². The van der Waals surface area contributed by atoms with Crippen molar-refractivity contribution in [3.63, 3.8) is 0 Å². The Morgan fingerprint density at radius 3 is 2.80 bits per heavy atom. The maximum absolute atomic E-state index is 13.0. The lowest BCUT2D eigenvalue weighted by molar-refractivity contribution is 0.628. The number of rotatable bonds is 2. The topological polar surface area (TPSA) is 26.0 Å². The molecular weight excluding hydrogens is 233 g/mol. The Kier molecular flexibility index (Phi) is 3.05. The Balaban J connectivity index is 2.48. The maximum Gasteiger partial charge on any atom is 0.123 e. The Labute approximate surface area is 96.3 Å². The van der Waals surface area contributed by atoms with Crippen molar-refractivity contribution < 1.29 is 4.39 Å². The molecule has 0 aliphatic rings. The molecule has 0 amide bonds. The second kappa shape index (κ2) is 4.31. The largest absolute Gasteiger partial charge is 0.326 e. The van der Waals surface area contributed by atoms with Gasteiger partial charge < -0.3 is 5.73 Å². The molecule has 0 fully saturated rings. The number of hydrogen-bond donors (Lipinski definition) is 1. The molecule has 4 heteroatoms. The first-order valence-electron chi connectivity index (χ1n) is 4.43. The van der Waals surface area contributed by atoms with Gasteiger partial charge in [-0.3, -0.25) is 0 Å². The van der Waals surface area contributed by atoms with E-state index >= 15 is 0 Å². The lowest BCUT2D eigenvalue weighted by Gasteiger charge is -2.01. The van der Waals surface area contributed by atoms with Gasteiger partial charge in [0.2, 0.25) is 0 Å². The summed E-state index contributed by atoms with van der Waals surface area (Å²) in [7, 11) is 0. The summed E-state index contributed by atoms with van der Waals surface area (Å²) in [4.78, 5) is 1.06. The number of halogens is 2. The van der Waals surface area contributed by atoms with Gasteiger partial charge in [-0.2, -0.15) is 0 Å². The third-order valence-electron chi connectivity index (χ3n) is 2.09. The van der Waals surface area contributed by atoms with E-state index in [9.17, 15) is 4.39 Å². The van der Waals surface area contributed by atoms with Gasteiger partial charge in [-0.05, 0) is 35.2 Å². The average Bonchev–Trinajstić information content (AvgIpc) is 2.70. The highest BCUT2D eigenvalue weighted by Crippen LogP contribution is 2.31. The summed E-state index contributed by atoms with van der Waals surface area (Å²) >= 11 is 7.54.